The lowest BCUT2D eigenvalue weighted by Gasteiger charge is -2.08. The van der Waals surface area contributed by atoms with E-state index in [-0.39, 0.29) is 0 Å². The van der Waals surface area contributed by atoms with Gasteiger partial charge in [0.15, 0.2) is 0 Å². The Morgan fingerprint density at radius 1 is 1.38 bits per heavy atom. The van der Waals surface area contributed by atoms with Crippen LogP contribution in [-0.4, -0.2) is 0 Å². The smallest absolute Gasteiger partial charge is 0.0343 e. The van der Waals surface area contributed by atoms with Crippen LogP contribution in [0.3, 0.4) is 0 Å². The summed E-state index contributed by atoms with van der Waals surface area (Å²) in [5.41, 5.74) is 9.10. The topological polar surface area (TPSA) is 26.0 Å². The summed E-state index contributed by atoms with van der Waals surface area (Å²) >= 11 is 0. The van der Waals surface area contributed by atoms with Gasteiger partial charge in [0.1, 0.15) is 0 Å². The normalized spacial score (nSPS) is 13.5. The molecule has 0 saturated carbocycles. The number of nitrogens with two attached hydrogens (primary N) is 1. The number of hydrogen-bond acceptors (Lipinski definition) is 1. The Morgan fingerprint density at radius 2 is 2.08 bits per heavy atom. The summed E-state index contributed by atoms with van der Waals surface area (Å²) in [5, 5.41) is 0. The second-order valence-electron chi connectivity index (χ2n) is 3.43. The second-order valence-corrected chi connectivity index (χ2v) is 3.43. The third-order valence-corrected chi connectivity index (χ3v) is 2.30. The van der Waals surface area contributed by atoms with Crippen molar-refractivity contribution in [3.63, 3.8) is 0 Å². The van der Waals surface area contributed by atoms with Crippen LogP contribution in [0.5, 0.6) is 0 Å². The van der Waals surface area contributed by atoms with Crippen LogP contribution < -0.4 is 5.73 Å². The van der Waals surface area contributed by atoms with Crippen molar-refractivity contribution < 1.29 is 0 Å². The van der Waals surface area contributed by atoms with Crippen LogP contribution in [0.15, 0.2) is 30.4 Å². The lowest BCUT2D eigenvalue weighted by atomic mass is 9.98. The van der Waals surface area contributed by atoms with Gasteiger partial charge in [-0.25, -0.2) is 0 Å². The lowest BCUT2D eigenvalue weighted by molar-refractivity contribution is 0.962. The number of aryl methyl sites for hydroxylation is 1. The zero-order valence-corrected chi connectivity index (χ0v) is 8.54. The van der Waals surface area contributed by atoms with Crippen LogP contribution in [0.1, 0.15) is 30.9 Å². The summed E-state index contributed by atoms with van der Waals surface area (Å²) in [7, 11) is 0. The summed E-state index contributed by atoms with van der Waals surface area (Å²) in [5.74, 6) is 0.476. The molecule has 0 fully saturated rings. The van der Waals surface area contributed by atoms with Crippen LogP contribution in [-0.2, 0) is 0 Å². The first-order valence-corrected chi connectivity index (χ1v) is 4.64. The van der Waals surface area contributed by atoms with Gasteiger partial charge in [-0.05, 0) is 37.0 Å². The van der Waals surface area contributed by atoms with E-state index in [0.29, 0.717) is 5.92 Å². The fourth-order valence-electron chi connectivity index (χ4n) is 1.38. The Bertz CT molecular complexity index is 313. The van der Waals surface area contributed by atoms with Gasteiger partial charge in [0.2, 0.25) is 0 Å². The highest BCUT2D eigenvalue weighted by Crippen LogP contribution is 2.20. The number of nitrogen functional groups attached to an aromatic ring is 1. The van der Waals surface area contributed by atoms with E-state index >= 15 is 0 Å². The molecule has 13 heavy (non-hydrogen) atoms. The second kappa shape index (κ2) is 4.13. The summed E-state index contributed by atoms with van der Waals surface area (Å²) in [6, 6.07) is 6.22. The first-order valence-electron chi connectivity index (χ1n) is 4.64. The van der Waals surface area contributed by atoms with Crippen molar-refractivity contribution in [2.24, 2.45) is 0 Å². The van der Waals surface area contributed by atoms with Gasteiger partial charge < -0.3 is 5.73 Å². The third-order valence-electron chi connectivity index (χ3n) is 2.30. The van der Waals surface area contributed by atoms with Crippen molar-refractivity contribution in [2.45, 2.75) is 26.7 Å². The van der Waals surface area contributed by atoms with Gasteiger partial charge in [-0.2, -0.15) is 0 Å². The highest BCUT2D eigenvalue weighted by molar-refractivity contribution is 5.48. The zero-order chi connectivity index (χ0) is 9.84. The molecule has 0 spiro atoms. The molecular weight excluding hydrogens is 158 g/mol. The molecule has 1 aromatic carbocycles. The van der Waals surface area contributed by atoms with Crippen LogP contribution >= 0.6 is 0 Å². The Hall–Kier alpha value is -1.24. The van der Waals surface area contributed by atoms with Gasteiger partial charge in [-0.15, -0.1) is 0 Å². The Morgan fingerprint density at radius 3 is 2.62 bits per heavy atom. The number of rotatable bonds is 2. The molecule has 0 aliphatic heterocycles. The molecule has 1 aromatic rings. The maximum absolute atomic E-state index is 5.74. The molecule has 0 radical (unpaired) electrons. The van der Waals surface area contributed by atoms with Crippen LogP contribution in [0.25, 0.3) is 0 Å². The fraction of sp³-hybridized carbons (Fsp3) is 0.333. The van der Waals surface area contributed by atoms with E-state index in [2.05, 4.69) is 31.2 Å². The SMILES string of the molecule is C/C=C/C(C)c1ccc(N)c(C)c1. The molecule has 1 unspecified atom stereocenters. The molecule has 1 nitrogen and oxygen atoms in total. The molecule has 1 atom stereocenters. The van der Waals surface area contributed by atoms with Crippen molar-refractivity contribution >= 4 is 5.69 Å². The number of anilines is 1. The van der Waals surface area contributed by atoms with E-state index in [4.69, 9.17) is 5.73 Å². The van der Waals surface area contributed by atoms with Crippen LogP contribution in [0, 0.1) is 6.92 Å². The van der Waals surface area contributed by atoms with Crippen molar-refractivity contribution in [3.05, 3.63) is 41.5 Å². The number of hydrogen-bond donors (Lipinski definition) is 1. The van der Waals surface area contributed by atoms with Crippen molar-refractivity contribution in [1.29, 1.82) is 0 Å². The average molecular weight is 175 g/mol. The monoisotopic (exact) mass is 175 g/mol. The van der Waals surface area contributed by atoms with Crippen molar-refractivity contribution in [3.8, 4) is 0 Å². The number of benzene rings is 1. The molecule has 2 N–H and O–H groups in total. The van der Waals surface area contributed by atoms with Crippen LogP contribution in [0.2, 0.25) is 0 Å². The summed E-state index contributed by atoms with van der Waals surface area (Å²) in [4.78, 5) is 0. The molecule has 1 rings (SSSR count). The minimum absolute atomic E-state index is 0.476. The largest absolute Gasteiger partial charge is 0.399 e. The lowest BCUT2D eigenvalue weighted by Crippen LogP contribution is -1.94. The third kappa shape index (κ3) is 2.35. The van der Waals surface area contributed by atoms with Gasteiger partial charge in [-0.3, -0.25) is 0 Å². The Labute approximate surface area is 80.3 Å². The highest BCUT2D eigenvalue weighted by atomic mass is 14.5. The predicted octanol–water partition coefficient (Wildman–Crippen LogP) is 3.26. The molecule has 0 bridgehead atoms. The standard InChI is InChI=1S/C12H17N/c1-4-5-9(2)11-6-7-12(13)10(3)8-11/h4-9H,13H2,1-3H3/b5-4+. The van der Waals surface area contributed by atoms with Gasteiger partial charge in [0, 0.05) is 5.69 Å². The molecule has 0 aromatic heterocycles. The average Bonchev–Trinajstić information content (AvgIpc) is 2.10. The van der Waals surface area contributed by atoms with Gasteiger partial charge in [0.05, 0.1) is 0 Å². The maximum atomic E-state index is 5.74. The first kappa shape index (κ1) is 9.85. The number of allylic oxidation sites excluding steroid dienone is 2. The molecule has 0 saturated heterocycles. The predicted molar refractivity (Wildman–Crippen MR) is 58.8 cm³/mol. The maximum Gasteiger partial charge on any atom is 0.0343 e. The molecule has 0 aliphatic carbocycles. The Kier molecular flexibility index (Phi) is 3.13. The van der Waals surface area contributed by atoms with E-state index < -0.39 is 0 Å². The van der Waals surface area contributed by atoms with Gasteiger partial charge in [0.25, 0.3) is 0 Å². The summed E-state index contributed by atoms with van der Waals surface area (Å²) in [6.45, 7) is 6.27. The summed E-state index contributed by atoms with van der Waals surface area (Å²) < 4.78 is 0. The fourth-order valence-corrected chi connectivity index (χ4v) is 1.38. The molecule has 0 amide bonds. The van der Waals surface area contributed by atoms with E-state index in [1.165, 1.54) is 5.56 Å². The van der Waals surface area contributed by atoms with E-state index in [9.17, 15) is 0 Å². The quantitative estimate of drug-likeness (QED) is 0.542. The zero-order valence-electron chi connectivity index (χ0n) is 8.54. The molecule has 0 heterocycles. The van der Waals surface area contributed by atoms with E-state index in [1.807, 2.05) is 19.9 Å². The molecule has 0 aliphatic rings. The Balaban J connectivity index is 2.96. The first-order chi connectivity index (χ1) is 6.15. The van der Waals surface area contributed by atoms with Gasteiger partial charge in [-0.1, -0.05) is 31.2 Å². The highest BCUT2D eigenvalue weighted by Gasteiger charge is 2.02. The minimum Gasteiger partial charge on any atom is -0.399 e. The van der Waals surface area contributed by atoms with Crippen molar-refractivity contribution in [2.75, 3.05) is 5.73 Å². The summed E-state index contributed by atoms with van der Waals surface area (Å²) in [6.07, 6.45) is 4.27. The van der Waals surface area contributed by atoms with Crippen LogP contribution in [0.4, 0.5) is 5.69 Å². The van der Waals surface area contributed by atoms with Gasteiger partial charge >= 0.3 is 0 Å². The minimum atomic E-state index is 0.476. The van der Waals surface area contributed by atoms with E-state index in [0.717, 1.165) is 11.3 Å². The molecular formula is C12H17N. The molecule has 70 valence electrons. The van der Waals surface area contributed by atoms with E-state index in [1.54, 1.807) is 0 Å². The van der Waals surface area contributed by atoms with Crippen molar-refractivity contribution in [1.82, 2.24) is 0 Å². The molecule has 1 heteroatoms.